The van der Waals surface area contributed by atoms with Gasteiger partial charge in [0.1, 0.15) is 12.1 Å². The Balaban J connectivity index is 1.61. The van der Waals surface area contributed by atoms with Gasteiger partial charge < -0.3 is 4.90 Å². The van der Waals surface area contributed by atoms with E-state index in [1.807, 2.05) is 17.9 Å². The second-order valence-corrected chi connectivity index (χ2v) is 7.17. The SMILES string of the molecule is C[C@@H]1CC[C@H](C)N1[C@H]1CCCN(c2ncnc3c2cnn3C)C1. The van der Waals surface area contributed by atoms with E-state index >= 15 is 0 Å². The second-order valence-electron chi connectivity index (χ2n) is 7.17. The summed E-state index contributed by atoms with van der Waals surface area (Å²) in [6, 6.07) is 2.05. The van der Waals surface area contributed by atoms with Crippen LogP contribution >= 0.6 is 0 Å². The highest BCUT2D eigenvalue weighted by Gasteiger charge is 2.35. The van der Waals surface area contributed by atoms with Crippen molar-refractivity contribution in [2.24, 2.45) is 7.05 Å². The Kier molecular flexibility index (Phi) is 3.71. The topological polar surface area (TPSA) is 50.1 Å². The summed E-state index contributed by atoms with van der Waals surface area (Å²) in [5.41, 5.74) is 0.917. The molecule has 2 aliphatic heterocycles. The van der Waals surface area contributed by atoms with Crippen LogP contribution < -0.4 is 4.90 Å². The van der Waals surface area contributed by atoms with Crippen molar-refractivity contribution in [3.8, 4) is 0 Å². The molecule has 6 nitrogen and oxygen atoms in total. The van der Waals surface area contributed by atoms with Crippen LogP contribution in [0.25, 0.3) is 11.0 Å². The van der Waals surface area contributed by atoms with Gasteiger partial charge in [-0.05, 0) is 39.5 Å². The molecule has 124 valence electrons. The van der Waals surface area contributed by atoms with Gasteiger partial charge in [0, 0.05) is 38.3 Å². The van der Waals surface area contributed by atoms with E-state index < -0.39 is 0 Å². The molecule has 6 heteroatoms. The molecule has 2 saturated heterocycles. The predicted octanol–water partition coefficient (Wildman–Crippen LogP) is 2.20. The van der Waals surface area contributed by atoms with Gasteiger partial charge >= 0.3 is 0 Å². The van der Waals surface area contributed by atoms with Gasteiger partial charge in [0.25, 0.3) is 0 Å². The van der Waals surface area contributed by atoms with Crippen molar-refractivity contribution >= 4 is 16.9 Å². The van der Waals surface area contributed by atoms with Crippen molar-refractivity contribution in [1.29, 1.82) is 0 Å². The minimum absolute atomic E-state index is 0.637. The molecule has 0 N–H and O–H groups in total. The lowest BCUT2D eigenvalue weighted by atomic mass is 10.0. The van der Waals surface area contributed by atoms with Gasteiger partial charge in [0.2, 0.25) is 0 Å². The molecule has 2 fully saturated rings. The molecule has 2 aromatic heterocycles. The molecule has 2 aromatic rings. The van der Waals surface area contributed by atoms with E-state index in [0.717, 1.165) is 29.9 Å². The third-order valence-electron chi connectivity index (χ3n) is 5.65. The van der Waals surface area contributed by atoms with Crippen LogP contribution in [0.15, 0.2) is 12.5 Å². The van der Waals surface area contributed by atoms with E-state index in [0.29, 0.717) is 18.1 Å². The Hall–Kier alpha value is -1.69. The van der Waals surface area contributed by atoms with Gasteiger partial charge in [-0.3, -0.25) is 9.58 Å². The van der Waals surface area contributed by atoms with Gasteiger partial charge in [-0.1, -0.05) is 0 Å². The fraction of sp³-hybridized carbons (Fsp3) is 0.706. The maximum Gasteiger partial charge on any atom is 0.163 e. The molecular weight excluding hydrogens is 288 g/mol. The van der Waals surface area contributed by atoms with Crippen LogP contribution in [0.3, 0.4) is 0 Å². The molecule has 0 bridgehead atoms. The molecular formula is C17H26N6. The van der Waals surface area contributed by atoms with E-state index in [4.69, 9.17) is 0 Å². The second kappa shape index (κ2) is 5.74. The monoisotopic (exact) mass is 314 g/mol. The van der Waals surface area contributed by atoms with E-state index in [2.05, 4.69) is 38.7 Å². The van der Waals surface area contributed by atoms with Gasteiger partial charge in [-0.15, -0.1) is 0 Å². The van der Waals surface area contributed by atoms with Crippen LogP contribution in [-0.2, 0) is 7.05 Å². The lowest BCUT2D eigenvalue weighted by Gasteiger charge is -2.42. The van der Waals surface area contributed by atoms with Crippen LogP contribution in [-0.4, -0.2) is 55.9 Å². The fourth-order valence-corrected chi connectivity index (χ4v) is 4.53. The number of aryl methyl sites for hydroxylation is 1. The lowest BCUT2D eigenvalue weighted by molar-refractivity contribution is 0.129. The Bertz CT molecular complexity index is 685. The summed E-state index contributed by atoms with van der Waals surface area (Å²) >= 11 is 0. The van der Waals surface area contributed by atoms with Crippen molar-refractivity contribution < 1.29 is 0 Å². The average molecular weight is 314 g/mol. The smallest absolute Gasteiger partial charge is 0.163 e. The summed E-state index contributed by atoms with van der Waals surface area (Å²) in [6.45, 7) is 6.91. The molecule has 0 saturated carbocycles. The number of hydrogen-bond donors (Lipinski definition) is 0. The van der Waals surface area contributed by atoms with Crippen molar-refractivity contribution in [1.82, 2.24) is 24.6 Å². The zero-order valence-electron chi connectivity index (χ0n) is 14.3. The van der Waals surface area contributed by atoms with Crippen LogP contribution in [0.2, 0.25) is 0 Å². The molecule has 0 aromatic carbocycles. The third-order valence-corrected chi connectivity index (χ3v) is 5.65. The summed E-state index contributed by atoms with van der Waals surface area (Å²) in [7, 11) is 1.94. The van der Waals surface area contributed by atoms with E-state index in [-0.39, 0.29) is 0 Å². The first-order valence-electron chi connectivity index (χ1n) is 8.80. The Morgan fingerprint density at radius 3 is 2.65 bits per heavy atom. The first-order chi connectivity index (χ1) is 11.1. The number of aromatic nitrogens is 4. The third kappa shape index (κ3) is 2.49. The summed E-state index contributed by atoms with van der Waals surface area (Å²) in [4.78, 5) is 14.1. The molecule has 2 aliphatic rings. The summed E-state index contributed by atoms with van der Waals surface area (Å²) < 4.78 is 1.83. The molecule has 0 spiro atoms. The van der Waals surface area contributed by atoms with Gasteiger partial charge in [-0.25, -0.2) is 9.97 Å². The summed E-state index contributed by atoms with van der Waals surface area (Å²) in [5, 5.41) is 5.42. The van der Waals surface area contributed by atoms with Crippen LogP contribution in [0.5, 0.6) is 0 Å². The number of piperidine rings is 1. The van der Waals surface area contributed by atoms with Crippen molar-refractivity contribution in [3.63, 3.8) is 0 Å². The quantitative estimate of drug-likeness (QED) is 0.850. The van der Waals surface area contributed by atoms with Crippen molar-refractivity contribution in [3.05, 3.63) is 12.5 Å². The van der Waals surface area contributed by atoms with Gasteiger partial charge in [0.15, 0.2) is 5.65 Å². The number of hydrogen-bond acceptors (Lipinski definition) is 5. The summed E-state index contributed by atoms with van der Waals surface area (Å²) in [6.07, 6.45) is 8.76. The Morgan fingerprint density at radius 2 is 1.87 bits per heavy atom. The molecule has 0 amide bonds. The minimum atomic E-state index is 0.637. The number of likely N-dealkylation sites (tertiary alicyclic amines) is 1. The zero-order valence-corrected chi connectivity index (χ0v) is 14.3. The highest BCUT2D eigenvalue weighted by molar-refractivity contribution is 5.86. The molecule has 4 rings (SSSR count). The predicted molar refractivity (Wildman–Crippen MR) is 91.5 cm³/mol. The van der Waals surface area contributed by atoms with Crippen LogP contribution in [0.1, 0.15) is 39.5 Å². The van der Waals surface area contributed by atoms with Crippen LogP contribution in [0, 0.1) is 0 Å². The molecule has 0 unspecified atom stereocenters. The standard InChI is InChI=1S/C17H26N6/c1-12-6-7-13(2)23(12)14-5-4-8-22(10-14)17-15-9-20-21(3)16(15)18-11-19-17/h9,11-14H,4-8,10H2,1-3H3/t12-,13+,14-/m0/s1. The van der Waals surface area contributed by atoms with Crippen molar-refractivity contribution in [2.45, 2.75) is 57.7 Å². The molecule has 3 atom stereocenters. The molecule has 23 heavy (non-hydrogen) atoms. The molecule has 0 aliphatic carbocycles. The number of rotatable bonds is 2. The maximum atomic E-state index is 4.59. The number of nitrogens with zero attached hydrogens (tertiary/aromatic N) is 6. The van der Waals surface area contributed by atoms with Gasteiger partial charge in [-0.2, -0.15) is 5.10 Å². The van der Waals surface area contributed by atoms with Crippen molar-refractivity contribution in [2.75, 3.05) is 18.0 Å². The first kappa shape index (κ1) is 14.9. The lowest BCUT2D eigenvalue weighted by Crippen LogP contribution is -2.51. The average Bonchev–Trinajstić information content (AvgIpc) is 3.10. The van der Waals surface area contributed by atoms with Crippen LogP contribution in [0.4, 0.5) is 5.82 Å². The normalized spacial score (nSPS) is 29.5. The fourth-order valence-electron chi connectivity index (χ4n) is 4.53. The maximum absolute atomic E-state index is 4.59. The number of fused-ring (bicyclic) bond motifs is 1. The number of anilines is 1. The Morgan fingerprint density at radius 1 is 1.09 bits per heavy atom. The minimum Gasteiger partial charge on any atom is -0.354 e. The van der Waals surface area contributed by atoms with E-state index in [1.165, 1.54) is 25.7 Å². The zero-order chi connectivity index (χ0) is 16.0. The Labute approximate surface area is 137 Å². The highest BCUT2D eigenvalue weighted by Crippen LogP contribution is 2.32. The highest BCUT2D eigenvalue weighted by atomic mass is 15.3. The largest absolute Gasteiger partial charge is 0.354 e. The molecule has 0 radical (unpaired) electrons. The first-order valence-corrected chi connectivity index (χ1v) is 8.80. The molecule has 4 heterocycles. The van der Waals surface area contributed by atoms with E-state index in [1.54, 1.807) is 6.33 Å². The van der Waals surface area contributed by atoms with Gasteiger partial charge in [0.05, 0.1) is 11.6 Å². The summed E-state index contributed by atoms with van der Waals surface area (Å²) in [5.74, 6) is 1.05. The van der Waals surface area contributed by atoms with E-state index in [9.17, 15) is 0 Å².